The van der Waals surface area contributed by atoms with Crippen molar-refractivity contribution in [3.05, 3.63) is 101 Å². The van der Waals surface area contributed by atoms with Gasteiger partial charge in [0.2, 0.25) is 0 Å². The second kappa shape index (κ2) is 7.91. The molecule has 5 nitrogen and oxygen atoms in total. The molecule has 0 radical (unpaired) electrons. The van der Waals surface area contributed by atoms with Gasteiger partial charge in [-0.1, -0.05) is 29.8 Å². The molecule has 0 spiro atoms. The van der Waals surface area contributed by atoms with Crippen molar-refractivity contribution in [3.63, 3.8) is 0 Å². The van der Waals surface area contributed by atoms with E-state index in [9.17, 15) is 14.0 Å². The Morgan fingerprint density at radius 2 is 1.77 bits per heavy atom. The van der Waals surface area contributed by atoms with Gasteiger partial charge >= 0.3 is 0 Å². The zero-order valence-electron chi connectivity index (χ0n) is 16.6. The van der Waals surface area contributed by atoms with Gasteiger partial charge < -0.3 is 5.32 Å². The molecule has 0 unspecified atom stereocenters. The maximum atomic E-state index is 13.3. The van der Waals surface area contributed by atoms with Gasteiger partial charge in [-0.15, -0.1) is 0 Å². The van der Waals surface area contributed by atoms with Crippen molar-refractivity contribution < 1.29 is 14.0 Å². The van der Waals surface area contributed by atoms with Gasteiger partial charge in [0.15, 0.2) is 0 Å². The minimum absolute atomic E-state index is 0.120. The van der Waals surface area contributed by atoms with E-state index in [0.29, 0.717) is 16.8 Å². The fourth-order valence-corrected chi connectivity index (χ4v) is 3.53. The van der Waals surface area contributed by atoms with E-state index in [-0.39, 0.29) is 24.0 Å². The van der Waals surface area contributed by atoms with Gasteiger partial charge in [-0.2, -0.15) is 0 Å². The van der Waals surface area contributed by atoms with Crippen molar-refractivity contribution in [3.8, 4) is 0 Å². The number of benzene rings is 2. The average molecular weight is 401 g/mol. The van der Waals surface area contributed by atoms with Crippen molar-refractivity contribution in [1.29, 1.82) is 0 Å². The normalized spacial score (nSPS) is 13.9. The Balaban J connectivity index is 1.78. The molecule has 3 aromatic rings. The summed E-state index contributed by atoms with van der Waals surface area (Å²) in [5.41, 5.74) is 4.42. The maximum Gasteiger partial charge on any atom is 0.278 e. The molecule has 0 saturated heterocycles. The first-order valence-electron chi connectivity index (χ1n) is 9.53. The Bertz CT molecular complexity index is 1150. The summed E-state index contributed by atoms with van der Waals surface area (Å²) in [6, 6.07) is 15.0. The number of carbonyl (C=O) groups excluding carboxylic acids is 2. The number of hydrogen-bond donors (Lipinski definition) is 1. The highest BCUT2D eigenvalue weighted by atomic mass is 19.1. The molecule has 1 aromatic heterocycles. The second-order valence-electron chi connectivity index (χ2n) is 7.26. The molecule has 0 fully saturated rings. The number of hydrogen-bond acceptors (Lipinski definition) is 4. The number of aryl methyl sites for hydroxylation is 2. The van der Waals surface area contributed by atoms with E-state index in [0.717, 1.165) is 16.7 Å². The van der Waals surface area contributed by atoms with Crippen LogP contribution in [0.4, 0.5) is 10.1 Å². The maximum absolute atomic E-state index is 13.3. The largest absolute Gasteiger partial charge is 0.350 e. The van der Waals surface area contributed by atoms with Crippen LogP contribution < -0.4 is 5.32 Å². The Morgan fingerprint density at radius 3 is 2.43 bits per heavy atom. The van der Waals surface area contributed by atoms with Gasteiger partial charge in [-0.25, -0.2) is 4.39 Å². The molecule has 2 amide bonds. The molecule has 2 aromatic carbocycles. The number of nitrogens with zero attached hydrogens (tertiary/aromatic N) is 2. The standard InChI is InChI=1S/C24H20FN3O2/c1-15-5-10-20(16(2)12-15)21-22(27-19-8-6-18(25)7-9-19)24(30)28(23(21)29)14-17-4-3-11-26-13-17/h3-13,27H,14H2,1-2H3. The topological polar surface area (TPSA) is 62.3 Å². The van der Waals surface area contributed by atoms with Crippen LogP contribution in [0.1, 0.15) is 22.3 Å². The van der Waals surface area contributed by atoms with Gasteiger partial charge in [-0.3, -0.25) is 19.5 Å². The number of anilines is 1. The number of amides is 2. The van der Waals surface area contributed by atoms with Crippen LogP contribution in [0, 0.1) is 19.7 Å². The van der Waals surface area contributed by atoms with Gasteiger partial charge in [0, 0.05) is 18.1 Å². The minimum atomic E-state index is -0.428. The number of nitrogens with one attached hydrogen (secondary N) is 1. The average Bonchev–Trinajstić information content (AvgIpc) is 2.95. The lowest BCUT2D eigenvalue weighted by Crippen LogP contribution is -2.32. The molecule has 0 saturated carbocycles. The summed E-state index contributed by atoms with van der Waals surface area (Å²) in [6.45, 7) is 4.00. The van der Waals surface area contributed by atoms with E-state index < -0.39 is 5.91 Å². The first kappa shape index (κ1) is 19.5. The van der Waals surface area contributed by atoms with Crippen LogP contribution in [0.25, 0.3) is 5.57 Å². The minimum Gasteiger partial charge on any atom is -0.350 e. The van der Waals surface area contributed by atoms with Crippen LogP contribution in [0.5, 0.6) is 0 Å². The Hall–Kier alpha value is -3.80. The molecule has 0 bridgehead atoms. The van der Waals surface area contributed by atoms with Crippen molar-refractivity contribution in [2.45, 2.75) is 20.4 Å². The fraction of sp³-hybridized carbons (Fsp3) is 0.125. The van der Waals surface area contributed by atoms with Gasteiger partial charge in [-0.05, 0) is 60.9 Å². The number of imide groups is 1. The Labute approximate surface area is 173 Å². The summed E-state index contributed by atoms with van der Waals surface area (Å²) in [6.07, 6.45) is 3.26. The highest BCUT2D eigenvalue weighted by Gasteiger charge is 2.39. The van der Waals surface area contributed by atoms with Crippen molar-refractivity contribution in [2.24, 2.45) is 0 Å². The number of aromatic nitrogens is 1. The molecular formula is C24H20FN3O2. The third-order valence-corrected chi connectivity index (χ3v) is 5.00. The summed E-state index contributed by atoms with van der Waals surface area (Å²) in [7, 11) is 0. The predicted octanol–water partition coefficient (Wildman–Crippen LogP) is 4.23. The van der Waals surface area contributed by atoms with Gasteiger partial charge in [0.1, 0.15) is 11.5 Å². The van der Waals surface area contributed by atoms with Crippen LogP contribution in [-0.2, 0) is 16.1 Å². The van der Waals surface area contributed by atoms with E-state index in [1.807, 2.05) is 38.1 Å². The van der Waals surface area contributed by atoms with Crippen LogP contribution in [0.3, 0.4) is 0 Å². The first-order chi connectivity index (χ1) is 14.4. The summed E-state index contributed by atoms with van der Waals surface area (Å²) >= 11 is 0. The van der Waals surface area contributed by atoms with Gasteiger partial charge in [0.25, 0.3) is 11.8 Å². The molecular weight excluding hydrogens is 381 g/mol. The van der Waals surface area contributed by atoms with Crippen LogP contribution in [0.15, 0.2) is 72.7 Å². The van der Waals surface area contributed by atoms with Gasteiger partial charge in [0.05, 0.1) is 12.1 Å². The lowest BCUT2D eigenvalue weighted by atomic mass is 9.97. The zero-order valence-corrected chi connectivity index (χ0v) is 16.6. The van der Waals surface area contributed by atoms with E-state index in [1.165, 1.54) is 29.2 Å². The van der Waals surface area contributed by atoms with Crippen LogP contribution in [-0.4, -0.2) is 21.7 Å². The van der Waals surface area contributed by atoms with E-state index in [1.54, 1.807) is 18.5 Å². The Kier molecular flexibility index (Phi) is 5.14. The molecule has 2 heterocycles. The molecule has 6 heteroatoms. The van der Waals surface area contributed by atoms with Crippen molar-refractivity contribution >= 4 is 23.1 Å². The fourth-order valence-electron chi connectivity index (χ4n) is 3.53. The molecule has 1 aliphatic rings. The monoisotopic (exact) mass is 401 g/mol. The molecule has 1 aliphatic heterocycles. The van der Waals surface area contributed by atoms with Crippen molar-refractivity contribution in [1.82, 2.24) is 9.88 Å². The number of carbonyl (C=O) groups is 2. The molecule has 4 rings (SSSR count). The third-order valence-electron chi connectivity index (χ3n) is 5.00. The SMILES string of the molecule is Cc1ccc(C2=C(Nc3ccc(F)cc3)C(=O)N(Cc3cccnc3)C2=O)c(C)c1. The molecule has 30 heavy (non-hydrogen) atoms. The van der Waals surface area contributed by atoms with E-state index in [2.05, 4.69) is 10.3 Å². The summed E-state index contributed by atoms with van der Waals surface area (Å²) < 4.78 is 13.3. The summed E-state index contributed by atoms with van der Waals surface area (Å²) in [5.74, 6) is -1.18. The number of halogens is 1. The first-order valence-corrected chi connectivity index (χ1v) is 9.53. The summed E-state index contributed by atoms with van der Waals surface area (Å²) in [4.78, 5) is 31.8. The smallest absolute Gasteiger partial charge is 0.278 e. The second-order valence-corrected chi connectivity index (χ2v) is 7.26. The number of rotatable bonds is 5. The molecule has 0 aliphatic carbocycles. The lowest BCUT2D eigenvalue weighted by molar-refractivity contribution is -0.137. The third kappa shape index (κ3) is 3.72. The van der Waals surface area contributed by atoms with Crippen LogP contribution >= 0.6 is 0 Å². The Morgan fingerprint density at radius 1 is 1.00 bits per heavy atom. The van der Waals surface area contributed by atoms with E-state index >= 15 is 0 Å². The highest BCUT2D eigenvalue weighted by Crippen LogP contribution is 2.33. The summed E-state index contributed by atoms with van der Waals surface area (Å²) in [5, 5.41) is 3.04. The number of pyridine rings is 1. The quantitative estimate of drug-likeness (QED) is 0.650. The van der Waals surface area contributed by atoms with Crippen molar-refractivity contribution in [2.75, 3.05) is 5.32 Å². The molecule has 150 valence electrons. The highest BCUT2D eigenvalue weighted by molar-refractivity contribution is 6.36. The zero-order chi connectivity index (χ0) is 21.3. The molecule has 0 atom stereocenters. The lowest BCUT2D eigenvalue weighted by Gasteiger charge is -2.15. The van der Waals surface area contributed by atoms with E-state index in [4.69, 9.17) is 0 Å². The molecule has 1 N–H and O–H groups in total. The predicted molar refractivity (Wildman–Crippen MR) is 113 cm³/mol. The van der Waals surface area contributed by atoms with Crippen LogP contribution in [0.2, 0.25) is 0 Å².